The molecule has 13 heteroatoms. The van der Waals surface area contributed by atoms with Crippen molar-refractivity contribution in [2.75, 3.05) is 11.9 Å². The summed E-state index contributed by atoms with van der Waals surface area (Å²) in [5.41, 5.74) is -3.33. The summed E-state index contributed by atoms with van der Waals surface area (Å²) in [5.74, 6) is -0.317. The predicted molar refractivity (Wildman–Crippen MR) is 99.6 cm³/mol. The zero-order valence-corrected chi connectivity index (χ0v) is 16.4. The van der Waals surface area contributed by atoms with E-state index in [-0.39, 0.29) is 16.5 Å². The van der Waals surface area contributed by atoms with E-state index in [0.717, 1.165) is 12.4 Å². The van der Waals surface area contributed by atoms with E-state index < -0.39 is 35.3 Å². The first-order valence-electron chi connectivity index (χ1n) is 8.49. The Balaban J connectivity index is 1.94. The van der Waals surface area contributed by atoms with Gasteiger partial charge in [-0.1, -0.05) is 6.07 Å². The van der Waals surface area contributed by atoms with Crippen LogP contribution in [0.2, 0.25) is 0 Å². The number of rotatable bonds is 5. The number of benzene rings is 1. The molecule has 2 aromatic heterocycles. The van der Waals surface area contributed by atoms with Crippen LogP contribution in [-0.4, -0.2) is 37.9 Å². The Kier molecular flexibility index (Phi) is 5.95. The molecule has 1 unspecified atom stereocenters. The number of alkyl halides is 6. The summed E-state index contributed by atoms with van der Waals surface area (Å²) in [5, 5.41) is 20.8. The normalized spacial score (nSPS) is 14.4. The summed E-state index contributed by atoms with van der Waals surface area (Å²) in [6.07, 6.45) is -7.75. The highest BCUT2D eigenvalue weighted by atomic mass is 32.1. The summed E-state index contributed by atoms with van der Waals surface area (Å²) in [7, 11) is 0. The maximum atomic E-state index is 13.1. The number of anilines is 2. The number of thiazole rings is 1. The summed E-state index contributed by atoms with van der Waals surface area (Å²) < 4.78 is 77.9. The van der Waals surface area contributed by atoms with Crippen molar-refractivity contribution in [1.29, 1.82) is 0 Å². The monoisotopic (exact) mass is 464 g/mol. The molecule has 0 saturated heterocycles. The van der Waals surface area contributed by atoms with Gasteiger partial charge in [-0.05, 0) is 36.2 Å². The van der Waals surface area contributed by atoms with Crippen molar-refractivity contribution in [3.8, 4) is 10.4 Å². The number of nitrogens with zero attached hydrogens (tertiary/aromatic N) is 3. The van der Waals surface area contributed by atoms with E-state index in [2.05, 4.69) is 20.3 Å². The van der Waals surface area contributed by atoms with Crippen molar-refractivity contribution in [2.45, 2.75) is 24.9 Å². The molecule has 6 nitrogen and oxygen atoms in total. The third-order valence-electron chi connectivity index (χ3n) is 4.12. The molecule has 3 aromatic rings. The average molecular weight is 464 g/mol. The Morgan fingerprint density at radius 3 is 2.39 bits per heavy atom. The quantitative estimate of drug-likeness (QED) is 0.485. The van der Waals surface area contributed by atoms with Gasteiger partial charge in [0.25, 0.3) is 0 Å². The van der Waals surface area contributed by atoms with E-state index in [9.17, 15) is 31.4 Å². The largest absolute Gasteiger partial charge is 0.433 e. The van der Waals surface area contributed by atoms with Crippen LogP contribution in [-0.2, 0) is 11.8 Å². The van der Waals surface area contributed by atoms with Gasteiger partial charge in [-0.25, -0.2) is 15.0 Å². The van der Waals surface area contributed by atoms with E-state index in [0.29, 0.717) is 28.5 Å². The highest BCUT2D eigenvalue weighted by Gasteiger charge is 2.57. The van der Waals surface area contributed by atoms with E-state index >= 15 is 0 Å². The van der Waals surface area contributed by atoms with Crippen LogP contribution in [0.15, 0.2) is 36.7 Å². The molecule has 1 aromatic carbocycles. The van der Waals surface area contributed by atoms with Gasteiger partial charge in [-0.2, -0.15) is 26.3 Å². The topological polar surface area (TPSA) is 91.2 Å². The lowest BCUT2D eigenvalue weighted by molar-refractivity contribution is -0.277. The zero-order valence-electron chi connectivity index (χ0n) is 15.6. The minimum absolute atomic E-state index is 0.239. The molecule has 0 aliphatic carbocycles. The van der Waals surface area contributed by atoms with Crippen LogP contribution in [0.5, 0.6) is 0 Å². The number of aliphatic hydroxyl groups is 2. The number of hydrogen-bond acceptors (Lipinski definition) is 7. The van der Waals surface area contributed by atoms with Crippen LogP contribution >= 0.6 is 11.3 Å². The van der Waals surface area contributed by atoms with Crippen LogP contribution < -0.4 is 5.32 Å². The number of nitrogens with one attached hydrogen (secondary N) is 1. The van der Waals surface area contributed by atoms with Crippen molar-refractivity contribution >= 4 is 23.0 Å². The number of halogens is 6. The van der Waals surface area contributed by atoms with Gasteiger partial charge in [-0.15, -0.1) is 11.3 Å². The van der Waals surface area contributed by atoms with Gasteiger partial charge in [0.15, 0.2) is 0 Å². The molecule has 0 radical (unpaired) electrons. The second kappa shape index (κ2) is 8.05. The van der Waals surface area contributed by atoms with Crippen LogP contribution in [0.4, 0.5) is 38.0 Å². The SMILES string of the molecule is Cc1cc(Nc2nccc(C(F)(F)F)n2)cc(-c2cnc(C(O)(CO)C(F)(F)F)s2)c1. The molecule has 1 atom stereocenters. The first kappa shape index (κ1) is 22.9. The summed E-state index contributed by atoms with van der Waals surface area (Å²) >= 11 is 0.525. The van der Waals surface area contributed by atoms with Crippen LogP contribution in [0.1, 0.15) is 16.3 Å². The molecule has 0 spiro atoms. The lowest BCUT2D eigenvalue weighted by Crippen LogP contribution is -2.45. The minimum Gasteiger partial charge on any atom is -0.393 e. The van der Waals surface area contributed by atoms with Crippen LogP contribution in [0.3, 0.4) is 0 Å². The van der Waals surface area contributed by atoms with Crippen molar-refractivity contribution < 1.29 is 36.6 Å². The molecule has 2 heterocycles. The van der Waals surface area contributed by atoms with Gasteiger partial charge >= 0.3 is 12.4 Å². The molecule has 31 heavy (non-hydrogen) atoms. The number of aromatic nitrogens is 3. The molecule has 0 aliphatic heterocycles. The number of aliphatic hydroxyl groups excluding tert-OH is 1. The Bertz CT molecular complexity index is 1090. The standard InChI is InChI=1S/C18H14F6N4O2S/c1-9-4-10(12-7-26-14(31-12)16(30,8-29)18(22,23)24)6-11(5-9)27-15-25-3-2-13(28-15)17(19,20)21/h2-7,29-30H,8H2,1H3,(H,25,27,28). The van der Waals surface area contributed by atoms with E-state index in [1.807, 2.05) is 0 Å². The molecule has 3 N–H and O–H groups in total. The van der Waals surface area contributed by atoms with E-state index in [4.69, 9.17) is 5.11 Å². The summed E-state index contributed by atoms with van der Waals surface area (Å²) in [6, 6.07) is 5.37. The van der Waals surface area contributed by atoms with Crippen molar-refractivity contribution in [2.24, 2.45) is 0 Å². The van der Waals surface area contributed by atoms with Gasteiger partial charge in [0.05, 0.1) is 11.5 Å². The predicted octanol–water partition coefficient (Wildman–Crippen LogP) is 4.41. The number of hydrogen-bond donors (Lipinski definition) is 3. The summed E-state index contributed by atoms with van der Waals surface area (Å²) in [4.78, 5) is 11.0. The Morgan fingerprint density at radius 2 is 1.77 bits per heavy atom. The second-order valence-electron chi connectivity index (χ2n) is 6.52. The highest BCUT2D eigenvalue weighted by molar-refractivity contribution is 7.15. The molecule has 0 fully saturated rings. The van der Waals surface area contributed by atoms with Gasteiger partial charge < -0.3 is 15.5 Å². The van der Waals surface area contributed by atoms with Gasteiger partial charge in [0.2, 0.25) is 11.5 Å². The van der Waals surface area contributed by atoms with Crippen molar-refractivity contribution in [1.82, 2.24) is 15.0 Å². The smallest absolute Gasteiger partial charge is 0.393 e. The highest BCUT2D eigenvalue weighted by Crippen LogP contribution is 2.42. The molecule has 3 rings (SSSR count). The fraction of sp³-hybridized carbons (Fsp3) is 0.278. The maximum absolute atomic E-state index is 13.1. The lowest BCUT2D eigenvalue weighted by Gasteiger charge is -2.25. The molecule has 0 bridgehead atoms. The summed E-state index contributed by atoms with van der Waals surface area (Å²) in [6.45, 7) is 0.0698. The Hall–Kier alpha value is -2.77. The van der Waals surface area contributed by atoms with Crippen molar-refractivity contribution in [3.05, 3.63) is 52.9 Å². The van der Waals surface area contributed by atoms with Crippen LogP contribution in [0.25, 0.3) is 10.4 Å². The first-order valence-corrected chi connectivity index (χ1v) is 9.31. The number of aryl methyl sites for hydroxylation is 1. The zero-order chi connectivity index (χ0) is 23.0. The van der Waals surface area contributed by atoms with Gasteiger partial charge in [0, 0.05) is 18.1 Å². The molecule has 0 aliphatic rings. The van der Waals surface area contributed by atoms with Gasteiger partial charge in [0.1, 0.15) is 10.7 Å². The fourth-order valence-corrected chi connectivity index (χ4v) is 3.58. The molecule has 166 valence electrons. The lowest BCUT2D eigenvalue weighted by atomic mass is 10.1. The Morgan fingerprint density at radius 1 is 1.06 bits per heavy atom. The molecular formula is C18H14F6N4O2S. The minimum atomic E-state index is -5.14. The fourth-order valence-electron chi connectivity index (χ4n) is 2.58. The average Bonchev–Trinajstić information content (AvgIpc) is 3.16. The third kappa shape index (κ3) is 4.78. The first-order chi connectivity index (χ1) is 14.3. The third-order valence-corrected chi connectivity index (χ3v) is 5.32. The van der Waals surface area contributed by atoms with Crippen molar-refractivity contribution in [3.63, 3.8) is 0 Å². The van der Waals surface area contributed by atoms with E-state index in [1.165, 1.54) is 6.07 Å². The Labute approximate surface area is 175 Å². The van der Waals surface area contributed by atoms with Crippen LogP contribution in [0, 0.1) is 6.92 Å². The maximum Gasteiger partial charge on any atom is 0.433 e. The van der Waals surface area contributed by atoms with E-state index in [1.54, 1.807) is 19.1 Å². The second-order valence-corrected chi connectivity index (χ2v) is 7.55. The van der Waals surface area contributed by atoms with Gasteiger partial charge in [-0.3, -0.25) is 0 Å². The molecule has 0 amide bonds. The molecule has 0 saturated carbocycles. The molecular weight excluding hydrogens is 450 g/mol.